The molecule has 22 heavy (non-hydrogen) atoms. The van der Waals surface area contributed by atoms with Crippen LogP contribution in [0.1, 0.15) is 6.92 Å². The van der Waals surface area contributed by atoms with Gasteiger partial charge in [0.2, 0.25) is 0 Å². The molecule has 0 unspecified atom stereocenters. The average Bonchev–Trinajstić information content (AvgIpc) is 2.55. The monoisotopic (exact) mass is 337 g/mol. The van der Waals surface area contributed by atoms with Crippen LogP contribution < -0.4 is 10.2 Å². The molecule has 0 aromatic heterocycles. The fourth-order valence-electron chi connectivity index (χ4n) is 2.48. The van der Waals surface area contributed by atoms with E-state index in [1.54, 1.807) is 0 Å². The van der Waals surface area contributed by atoms with Crippen molar-refractivity contribution >= 4 is 39.9 Å². The summed E-state index contributed by atoms with van der Waals surface area (Å²) in [5, 5.41) is 12.6. The zero-order valence-corrected chi connectivity index (χ0v) is 14.4. The van der Waals surface area contributed by atoms with E-state index >= 15 is 0 Å². The van der Waals surface area contributed by atoms with Crippen molar-refractivity contribution < 1.29 is 0 Å². The van der Waals surface area contributed by atoms with Gasteiger partial charge in [0, 0.05) is 26.2 Å². The van der Waals surface area contributed by atoms with Gasteiger partial charge in [0.1, 0.15) is 0 Å². The van der Waals surface area contributed by atoms with E-state index in [1.807, 2.05) is 30.6 Å². The Bertz CT molecular complexity index is 576. The maximum Gasteiger partial charge on any atom is 0.183 e. The summed E-state index contributed by atoms with van der Waals surface area (Å²) in [6.07, 6.45) is 3.79. The second kappa shape index (κ2) is 8.28. The highest BCUT2D eigenvalue weighted by Gasteiger charge is 2.20. The molecule has 1 heterocycles. The molecule has 118 valence electrons. The number of halogens is 1. The van der Waals surface area contributed by atoms with Crippen molar-refractivity contribution in [2.24, 2.45) is 4.99 Å². The predicted octanol–water partition coefficient (Wildman–Crippen LogP) is 2.90. The van der Waals surface area contributed by atoms with Crippen LogP contribution in [0.3, 0.4) is 0 Å². The summed E-state index contributed by atoms with van der Waals surface area (Å²) in [5.74, 6) is 0. The molecule has 0 spiro atoms. The summed E-state index contributed by atoms with van der Waals surface area (Å²) in [6.45, 7) is 7.16. The summed E-state index contributed by atoms with van der Waals surface area (Å²) < 4.78 is 0. The van der Waals surface area contributed by atoms with Gasteiger partial charge in [-0.15, -0.1) is 0 Å². The van der Waals surface area contributed by atoms with Gasteiger partial charge in [-0.3, -0.25) is 5.32 Å². The first kappa shape index (κ1) is 16.9. The second-order valence-corrected chi connectivity index (χ2v) is 6.09. The van der Waals surface area contributed by atoms with Crippen molar-refractivity contribution in [1.29, 1.82) is 5.26 Å². The molecule has 1 saturated heterocycles. The number of benzene rings is 1. The predicted molar refractivity (Wildman–Crippen MR) is 95.1 cm³/mol. The lowest BCUT2D eigenvalue weighted by molar-refractivity contribution is 0.271. The van der Waals surface area contributed by atoms with E-state index in [1.165, 1.54) is 11.8 Å². The number of nitrogens with zero attached hydrogens (tertiary/aromatic N) is 4. The number of hydrogen-bond donors (Lipinski definition) is 1. The van der Waals surface area contributed by atoms with E-state index in [4.69, 9.17) is 16.9 Å². The topological polar surface area (TPSA) is 54.7 Å². The maximum absolute atomic E-state index is 8.78. The zero-order chi connectivity index (χ0) is 15.9. The number of nitrogens with one attached hydrogen (secondary N) is 1. The first-order valence-electron chi connectivity index (χ1n) is 7.23. The van der Waals surface area contributed by atoms with Crippen LogP contribution >= 0.6 is 23.4 Å². The molecule has 2 rings (SSSR count). The highest BCUT2D eigenvalue weighted by molar-refractivity contribution is 8.13. The molecule has 0 atom stereocenters. The average molecular weight is 338 g/mol. The minimum Gasteiger partial charge on any atom is -0.366 e. The van der Waals surface area contributed by atoms with E-state index in [0.29, 0.717) is 10.2 Å². The van der Waals surface area contributed by atoms with Gasteiger partial charge in [0.05, 0.1) is 16.4 Å². The van der Waals surface area contributed by atoms with Gasteiger partial charge in [-0.1, -0.05) is 36.4 Å². The van der Waals surface area contributed by atoms with Crippen molar-refractivity contribution in [2.75, 3.05) is 43.9 Å². The van der Waals surface area contributed by atoms with Gasteiger partial charge in [-0.25, -0.2) is 4.99 Å². The molecule has 0 bridgehead atoms. The third-order valence-corrected chi connectivity index (χ3v) is 4.56. The molecule has 0 radical (unpaired) electrons. The number of likely N-dealkylation sites (N-methyl/N-ethyl adjacent to an activating group) is 1. The van der Waals surface area contributed by atoms with E-state index < -0.39 is 0 Å². The fourth-order valence-corrected chi connectivity index (χ4v) is 3.10. The minimum atomic E-state index is 0.568. The molecular weight excluding hydrogens is 318 g/mol. The van der Waals surface area contributed by atoms with Gasteiger partial charge >= 0.3 is 0 Å². The molecule has 5 nitrogen and oxygen atoms in total. The summed E-state index contributed by atoms with van der Waals surface area (Å²) in [7, 11) is 0. The summed E-state index contributed by atoms with van der Waals surface area (Å²) in [5.41, 5.74) is 1.75. The number of anilines is 1. The van der Waals surface area contributed by atoms with Crippen LogP contribution in [0.2, 0.25) is 5.02 Å². The lowest BCUT2D eigenvalue weighted by atomic mass is 10.2. The van der Waals surface area contributed by atoms with Crippen molar-refractivity contribution in [3.63, 3.8) is 0 Å². The highest BCUT2D eigenvalue weighted by atomic mass is 35.5. The fraction of sp³-hybridized carbons (Fsp3) is 0.467. The Hall–Kier alpha value is -1.42. The second-order valence-electron chi connectivity index (χ2n) is 4.89. The molecule has 0 saturated carbocycles. The first-order chi connectivity index (χ1) is 10.7. The van der Waals surface area contributed by atoms with Crippen molar-refractivity contribution in [3.05, 3.63) is 23.2 Å². The van der Waals surface area contributed by atoms with Crippen LogP contribution in [0.15, 0.2) is 23.2 Å². The van der Waals surface area contributed by atoms with E-state index in [9.17, 15) is 0 Å². The Kier molecular flexibility index (Phi) is 6.37. The minimum absolute atomic E-state index is 0.568. The van der Waals surface area contributed by atoms with Gasteiger partial charge in [0.15, 0.2) is 11.4 Å². The van der Waals surface area contributed by atoms with Gasteiger partial charge < -0.3 is 9.80 Å². The normalized spacial score (nSPS) is 16.5. The molecule has 0 aliphatic carbocycles. The van der Waals surface area contributed by atoms with Crippen molar-refractivity contribution in [2.45, 2.75) is 6.92 Å². The number of para-hydroxylation sites is 1. The molecule has 1 aliphatic heterocycles. The molecule has 1 aromatic rings. The Labute approximate surface area is 140 Å². The number of hydrogen-bond acceptors (Lipinski definition) is 5. The van der Waals surface area contributed by atoms with Crippen molar-refractivity contribution in [3.8, 4) is 6.19 Å². The first-order valence-corrected chi connectivity index (χ1v) is 8.83. The third-order valence-electron chi connectivity index (χ3n) is 3.68. The smallest absolute Gasteiger partial charge is 0.183 e. The summed E-state index contributed by atoms with van der Waals surface area (Å²) in [4.78, 5) is 9.24. The molecule has 1 N–H and O–H groups in total. The maximum atomic E-state index is 8.78. The summed E-state index contributed by atoms with van der Waals surface area (Å²) in [6, 6.07) is 5.71. The number of amidine groups is 1. The highest BCUT2D eigenvalue weighted by Crippen LogP contribution is 2.36. The van der Waals surface area contributed by atoms with Gasteiger partial charge in [-0.2, -0.15) is 5.26 Å². The van der Waals surface area contributed by atoms with Crippen LogP contribution in [-0.4, -0.2) is 49.0 Å². The number of rotatable bonds is 3. The molecule has 7 heteroatoms. The Balaban J connectivity index is 2.29. The van der Waals surface area contributed by atoms with Gasteiger partial charge in [-0.05, 0) is 24.9 Å². The molecule has 0 amide bonds. The SMILES string of the molecule is CCN1CCN(c2c(Cl)cccc2N=C(NC#N)SC)CC1. The van der Waals surface area contributed by atoms with Gasteiger partial charge in [0.25, 0.3) is 0 Å². The molecular formula is C15H20ClN5S. The van der Waals surface area contributed by atoms with E-state index in [2.05, 4.69) is 27.0 Å². The van der Waals surface area contributed by atoms with Crippen LogP contribution in [0.5, 0.6) is 0 Å². The quantitative estimate of drug-likeness (QED) is 0.398. The lowest BCUT2D eigenvalue weighted by Gasteiger charge is -2.36. The van der Waals surface area contributed by atoms with E-state index in [0.717, 1.165) is 44.1 Å². The lowest BCUT2D eigenvalue weighted by Crippen LogP contribution is -2.46. The number of thioether (sulfide) groups is 1. The third kappa shape index (κ3) is 4.07. The molecule has 1 aliphatic rings. The number of piperazine rings is 1. The molecule has 1 fully saturated rings. The standard InChI is InChI=1S/C15H20ClN5S/c1-3-20-7-9-21(10-8-20)14-12(16)5-4-6-13(14)19-15(22-2)18-11-17/h4-6H,3,7-10H2,1-2H3,(H,18,19). The number of aliphatic imine (C=N–C) groups is 1. The Morgan fingerprint density at radius 1 is 1.41 bits per heavy atom. The zero-order valence-electron chi connectivity index (χ0n) is 12.8. The Morgan fingerprint density at radius 3 is 2.73 bits per heavy atom. The van der Waals surface area contributed by atoms with Crippen LogP contribution in [0.4, 0.5) is 11.4 Å². The van der Waals surface area contributed by atoms with E-state index in [-0.39, 0.29) is 0 Å². The Morgan fingerprint density at radius 2 is 2.14 bits per heavy atom. The van der Waals surface area contributed by atoms with Crippen LogP contribution in [-0.2, 0) is 0 Å². The number of nitriles is 1. The largest absolute Gasteiger partial charge is 0.366 e. The van der Waals surface area contributed by atoms with Crippen LogP contribution in [0, 0.1) is 11.5 Å². The van der Waals surface area contributed by atoms with Crippen LogP contribution in [0.25, 0.3) is 0 Å². The summed E-state index contributed by atoms with van der Waals surface area (Å²) >= 11 is 7.82. The van der Waals surface area contributed by atoms with Crippen molar-refractivity contribution in [1.82, 2.24) is 10.2 Å². The molecule has 1 aromatic carbocycles.